The first-order chi connectivity index (χ1) is 11.5. The number of hydrogen-bond donors (Lipinski definition) is 1. The van der Waals surface area contributed by atoms with Gasteiger partial charge in [0, 0.05) is 43.8 Å². The van der Waals surface area contributed by atoms with Gasteiger partial charge in [-0.05, 0) is 37.7 Å². The van der Waals surface area contributed by atoms with Crippen molar-refractivity contribution < 1.29 is 9.53 Å². The molecule has 1 aliphatic carbocycles. The summed E-state index contributed by atoms with van der Waals surface area (Å²) in [4.78, 5) is 16.7. The fourth-order valence-corrected chi connectivity index (χ4v) is 4.90. The van der Waals surface area contributed by atoms with Gasteiger partial charge in [0.1, 0.15) is 0 Å². The van der Waals surface area contributed by atoms with Crippen molar-refractivity contribution in [3.63, 3.8) is 0 Å². The van der Waals surface area contributed by atoms with Crippen molar-refractivity contribution in [1.82, 2.24) is 9.80 Å². The van der Waals surface area contributed by atoms with Crippen LogP contribution in [0.1, 0.15) is 40.0 Å². The summed E-state index contributed by atoms with van der Waals surface area (Å²) in [5.74, 6) is 0.373. The predicted octanol–water partition coefficient (Wildman–Crippen LogP) is 1.65. The van der Waals surface area contributed by atoms with Crippen molar-refractivity contribution in [2.75, 3.05) is 13.1 Å². The predicted molar refractivity (Wildman–Crippen MR) is 93.2 cm³/mol. The third kappa shape index (κ3) is 2.54. The van der Waals surface area contributed by atoms with Gasteiger partial charge in [0.25, 0.3) is 0 Å². The molecule has 3 fully saturated rings. The molecule has 2 bridgehead atoms. The fourth-order valence-electron chi connectivity index (χ4n) is 4.90. The molecule has 0 radical (unpaired) electrons. The second-order valence-corrected chi connectivity index (χ2v) is 7.94. The van der Waals surface area contributed by atoms with Crippen LogP contribution in [0.25, 0.3) is 0 Å². The molecule has 0 spiro atoms. The van der Waals surface area contributed by atoms with E-state index in [2.05, 4.69) is 30.9 Å². The fraction of sp³-hybridized carbons (Fsp3) is 0.737. The maximum absolute atomic E-state index is 12.2. The quantitative estimate of drug-likeness (QED) is 0.794. The number of nitrogens with zero attached hydrogens (tertiary/aromatic N) is 2. The van der Waals surface area contributed by atoms with Crippen molar-refractivity contribution in [1.29, 1.82) is 0 Å². The highest BCUT2D eigenvalue weighted by atomic mass is 16.5. The van der Waals surface area contributed by atoms with E-state index in [9.17, 15) is 4.79 Å². The Bertz CT molecular complexity index is 587. The van der Waals surface area contributed by atoms with Gasteiger partial charge >= 0.3 is 0 Å². The highest BCUT2D eigenvalue weighted by molar-refractivity contribution is 5.77. The Kier molecular flexibility index (Phi) is 4.06. The number of rotatable bonds is 1. The highest BCUT2D eigenvalue weighted by Crippen LogP contribution is 2.38. The maximum Gasteiger partial charge on any atom is 0.224 e. The van der Waals surface area contributed by atoms with Crippen LogP contribution in [0.15, 0.2) is 23.4 Å². The Morgan fingerprint density at radius 3 is 2.54 bits per heavy atom. The topological polar surface area (TPSA) is 58.8 Å². The van der Waals surface area contributed by atoms with E-state index in [1.54, 1.807) is 6.92 Å². The number of carbonyl (C=O) groups excluding carboxylic acids is 1. The molecule has 3 aliphatic heterocycles. The summed E-state index contributed by atoms with van der Waals surface area (Å²) in [6, 6.07) is 0.537. The summed E-state index contributed by atoms with van der Waals surface area (Å²) in [5, 5.41) is 0. The molecule has 3 heterocycles. The Morgan fingerprint density at radius 1 is 1.25 bits per heavy atom. The molecule has 0 aromatic heterocycles. The third-order valence-corrected chi connectivity index (χ3v) is 6.45. The maximum atomic E-state index is 12.2. The van der Waals surface area contributed by atoms with Gasteiger partial charge in [0.15, 0.2) is 0 Å². The number of carbonyl (C=O) groups is 1. The summed E-state index contributed by atoms with van der Waals surface area (Å²) in [6.07, 6.45) is 8.72. The number of likely N-dealkylation sites (tertiary alicyclic amines) is 2. The second-order valence-electron chi connectivity index (χ2n) is 7.94. The molecule has 132 valence electrons. The van der Waals surface area contributed by atoms with Crippen molar-refractivity contribution in [2.45, 2.75) is 70.4 Å². The minimum atomic E-state index is 0.00223. The van der Waals surface area contributed by atoms with E-state index in [4.69, 9.17) is 10.5 Å². The number of morpholine rings is 1. The number of amides is 1. The van der Waals surface area contributed by atoms with Crippen LogP contribution in [0, 0.1) is 5.92 Å². The molecule has 0 aromatic rings. The lowest BCUT2D eigenvalue weighted by atomic mass is 9.79. The van der Waals surface area contributed by atoms with Crippen LogP contribution in [-0.2, 0) is 9.53 Å². The van der Waals surface area contributed by atoms with Crippen LogP contribution in [0.3, 0.4) is 0 Å². The number of piperidine rings is 1. The Morgan fingerprint density at radius 2 is 1.92 bits per heavy atom. The first-order valence-corrected chi connectivity index (χ1v) is 9.33. The van der Waals surface area contributed by atoms with Crippen LogP contribution in [-0.4, -0.2) is 59.1 Å². The van der Waals surface area contributed by atoms with Crippen LogP contribution < -0.4 is 5.73 Å². The molecule has 1 amide bonds. The summed E-state index contributed by atoms with van der Waals surface area (Å²) in [6.45, 7) is 7.96. The van der Waals surface area contributed by atoms with Crippen LogP contribution >= 0.6 is 0 Å². The van der Waals surface area contributed by atoms with Gasteiger partial charge < -0.3 is 15.4 Å². The first-order valence-electron chi connectivity index (χ1n) is 9.33. The Labute approximate surface area is 144 Å². The van der Waals surface area contributed by atoms with E-state index < -0.39 is 0 Å². The molecule has 4 rings (SSSR count). The normalized spacial score (nSPS) is 42.4. The number of ether oxygens (including phenoxy) is 1. The van der Waals surface area contributed by atoms with Crippen molar-refractivity contribution in [3.05, 3.63) is 23.4 Å². The van der Waals surface area contributed by atoms with Crippen molar-refractivity contribution in [2.24, 2.45) is 11.7 Å². The smallest absolute Gasteiger partial charge is 0.224 e. The highest BCUT2D eigenvalue weighted by Gasteiger charge is 2.42. The van der Waals surface area contributed by atoms with Gasteiger partial charge in [0.05, 0.1) is 12.2 Å². The molecule has 5 nitrogen and oxygen atoms in total. The van der Waals surface area contributed by atoms with Crippen LogP contribution in [0.2, 0.25) is 0 Å². The van der Waals surface area contributed by atoms with Gasteiger partial charge in [-0.3, -0.25) is 9.69 Å². The standard InChI is InChI=1S/C19H29N3O2/c1-11-12(2)22(13(3)23)18-7-4-14(8-17(18)19(11)20)21-9-15-5-6-16(10-21)24-15/h7-8,11-12,14-16,19H,4-6,9-10,20H2,1-3H3/t11?,12-,14?,15?,16?,19?/m0/s1. The molecule has 0 aromatic carbocycles. The first kappa shape index (κ1) is 16.3. The number of hydrogen-bond acceptors (Lipinski definition) is 4. The van der Waals surface area contributed by atoms with E-state index in [0.717, 1.165) is 30.8 Å². The summed E-state index contributed by atoms with van der Waals surface area (Å²) < 4.78 is 5.97. The van der Waals surface area contributed by atoms with E-state index in [0.29, 0.717) is 18.2 Å². The van der Waals surface area contributed by atoms with E-state index in [-0.39, 0.29) is 23.9 Å². The average Bonchev–Trinajstić information content (AvgIpc) is 2.90. The zero-order valence-corrected chi connectivity index (χ0v) is 14.9. The molecule has 2 N–H and O–H groups in total. The molecule has 4 aliphatic rings. The largest absolute Gasteiger partial charge is 0.372 e. The molecule has 6 atom stereocenters. The minimum absolute atomic E-state index is 0.00223. The Hall–Kier alpha value is -1.17. The second kappa shape index (κ2) is 5.97. The molecule has 0 saturated carbocycles. The minimum Gasteiger partial charge on any atom is -0.372 e. The monoisotopic (exact) mass is 331 g/mol. The van der Waals surface area contributed by atoms with E-state index in [1.807, 2.05) is 4.90 Å². The third-order valence-electron chi connectivity index (χ3n) is 6.45. The summed E-state index contributed by atoms with van der Waals surface area (Å²) in [5.41, 5.74) is 8.76. The van der Waals surface area contributed by atoms with Gasteiger partial charge in [-0.1, -0.05) is 19.1 Å². The zero-order chi connectivity index (χ0) is 17.0. The Balaban J connectivity index is 1.60. The molecule has 24 heavy (non-hydrogen) atoms. The molecular formula is C19H29N3O2. The number of fused-ring (bicyclic) bond motifs is 3. The molecule has 5 unspecified atom stereocenters. The van der Waals surface area contributed by atoms with Gasteiger partial charge in [-0.25, -0.2) is 0 Å². The van der Waals surface area contributed by atoms with Crippen molar-refractivity contribution >= 4 is 5.91 Å². The SMILES string of the molecule is CC(=O)N1C2=CCC(N3CC4CCC(C3)O4)C=C2C(N)C(C)[C@@H]1C. The number of nitrogens with two attached hydrogens (primary N) is 1. The van der Waals surface area contributed by atoms with Gasteiger partial charge in [-0.15, -0.1) is 0 Å². The van der Waals surface area contributed by atoms with Gasteiger partial charge in [0.2, 0.25) is 5.91 Å². The molecular weight excluding hydrogens is 302 g/mol. The zero-order valence-electron chi connectivity index (χ0n) is 14.9. The van der Waals surface area contributed by atoms with Crippen LogP contribution in [0.4, 0.5) is 0 Å². The average molecular weight is 331 g/mol. The molecule has 5 heteroatoms. The van der Waals surface area contributed by atoms with E-state index in [1.165, 1.54) is 12.8 Å². The lowest BCUT2D eigenvalue weighted by molar-refractivity contribution is -0.130. The summed E-state index contributed by atoms with van der Waals surface area (Å²) in [7, 11) is 0. The lowest BCUT2D eigenvalue weighted by Crippen LogP contribution is -2.55. The molecule has 3 saturated heterocycles. The van der Waals surface area contributed by atoms with Crippen LogP contribution in [0.5, 0.6) is 0 Å². The lowest BCUT2D eigenvalue weighted by Gasteiger charge is -2.47. The summed E-state index contributed by atoms with van der Waals surface area (Å²) >= 11 is 0. The van der Waals surface area contributed by atoms with Gasteiger partial charge in [-0.2, -0.15) is 0 Å². The van der Waals surface area contributed by atoms with Crippen molar-refractivity contribution in [3.8, 4) is 0 Å². The van der Waals surface area contributed by atoms with E-state index >= 15 is 0 Å².